The summed E-state index contributed by atoms with van der Waals surface area (Å²) in [7, 11) is 1.93. The molecule has 0 saturated carbocycles. The smallest absolute Gasteiger partial charge is 0.137 e. The summed E-state index contributed by atoms with van der Waals surface area (Å²) in [5.41, 5.74) is 1.25. The average molecular weight is 262 g/mol. The van der Waals surface area contributed by atoms with Crippen molar-refractivity contribution >= 4 is 11.6 Å². The first-order chi connectivity index (χ1) is 9.17. The van der Waals surface area contributed by atoms with Crippen molar-refractivity contribution in [3.8, 4) is 0 Å². The highest BCUT2D eigenvalue weighted by atomic mass is 15.2. The molecule has 2 rings (SSSR count). The van der Waals surface area contributed by atoms with E-state index in [9.17, 15) is 0 Å². The van der Waals surface area contributed by atoms with Crippen molar-refractivity contribution in [3.63, 3.8) is 0 Å². The maximum Gasteiger partial charge on any atom is 0.137 e. The van der Waals surface area contributed by atoms with Gasteiger partial charge in [0.1, 0.15) is 18.0 Å². The van der Waals surface area contributed by atoms with E-state index in [0.717, 1.165) is 30.6 Å². The summed E-state index contributed by atoms with van der Waals surface area (Å²) in [5, 5.41) is 3.20. The maximum atomic E-state index is 4.58. The van der Waals surface area contributed by atoms with Gasteiger partial charge in [-0.25, -0.2) is 9.97 Å². The topological polar surface area (TPSA) is 41.1 Å². The number of piperidine rings is 1. The SMILES string of the molecule is CCC1CCCN(c2ncnc(NC)c2C(C)C)C1. The Balaban J connectivity index is 2.33. The van der Waals surface area contributed by atoms with Crippen molar-refractivity contribution in [1.29, 1.82) is 0 Å². The monoisotopic (exact) mass is 262 g/mol. The van der Waals surface area contributed by atoms with Crippen molar-refractivity contribution in [2.75, 3.05) is 30.4 Å². The Bertz CT molecular complexity index is 417. The summed E-state index contributed by atoms with van der Waals surface area (Å²) in [4.78, 5) is 11.4. The van der Waals surface area contributed by atoms with Crippen LogP contribution in [0.3, 0.4) is 0 Å². The van der Waals surface area contributed by atoms with Crippen molar-refractivity contribution < 1.29 is 0 Å². The van der Waals surface area contributed by atoms with E-state index in [1.807, 2.05) is 7.05 Å². The summed E-state index contributed by atoms with van der Waals surface area (Å²) in [5.74, 6) is 3.34. The first kappa shape index (κ1) is 14.1. The molecule has 4 heteroatoms. The van der Waals surface area contributed by atoms with Gasteiger partial charge in [0.25, 0.3) is 0 Å². The molecule has 1 aliphatic rings. The molecule has 4 nitrogen and oxygen atoms in total. The molecule has 1 atom stereocenters. The summed E-state index contributed by atoms with van der Waals surface area (Å²) in [6.07, 6.45) is 5.57. The van der Waals surface area contributed by atoms with Crippen LogP contribution in [0.25, 0.3) is 0 Å². The summed E-state index contributed by atoms with van der Waals surface area (Å²) in [6, 6.07) is 0. The number of aromatic nitrogens is 2. The maximum absolute atomic E-state index is 4.58. The molecule has 106 valence electrons. The summed E-state index contributed by atoms with van der Waals surface area (Å²) < 4.78 is 0. The van der Waals surface area contributed by atoms with Gasteiger partial charge in [0.15, 0.2) is 0 Å². The van der Waals surface area contributed by atoms with Crippen LogP contribution in [0.15, 0.2) is 6.33 Å². The van der Waals surface area contributed by atoms with Gasteiger partial charge in [-0.3, -0.25) is 0 Å². The zero-order valence-electron chi connectivity index (χ0n) is 12.6. The van der Waals surface area contributed by atoms with Gasteiger partial charge in [0.05, 0.1) is 0 Å². The van der Waals surface area contributed by atoms with Crippen molar-refractivity contribution in [2.45, 2.75) is 46.0 Å². The Morgan fingerprint density at radius 3 is 2.84 bits per heavy atom. The fraction of sp³-hybridized carbons (Fsp3) is 0.733. The lowest BCUT2D eigenvalue weighted by Gasteiger charge is -2.35. The molecule has 1 aromatic heterocycles. The predicted molar refractivity (Wildman–Crippen MR) is 80.9 cm³/mol. The molecule has 1 fully saturated rings. The fourth-order valence-electron chi connectivity index (χ4n) is 2.96. The van der Waals surface area contributed by atoms with Gasteiger partial charge in [0.2, 0.25) is 0 Å². The molecule has 0 amide bonds. The second kappa shape index (κ2) is 6.22. The molecule has 1 saturated heterocycles. The minimum absolute atomic E-state index is 0.431. The number of hydrogen-bond acceptors (Lipinski definition) is 4. The first-order valence-electron chi connectivity index (χ1n) is 7.44. The molecule has 0 bridgehead atoms. The molecule has 0 aromatic carbocycles. The molecular formula is C15H26N4. The Labute approximate surface area is 116 Å². The Morgan fingerprint density at radius 1 is 1.42 bits per heavy atom. The lowest BCUT2D eigenvalue weighted by Crippen LogP contribution is -2.36. The highest BCUT2D eigenvalue weighted by Gasteiger charge is 2.24. The van der Waals surface area contributed by atoms with Crippen molar-refractivity contribution in [3.05, 3.63) is 11.9 Å². The van der Waals surface area contributed by atoms with Crippen LogP contribution in [-0.2, 0) is 0 Å². The molecule has 1 N–H and O–H groups in total. The molecular weight excluding hydrogens is 236 g/mol. The largest absolute Gasteiger partial charge is 0.373 e. The predicted octanol–water partition coefficient (Wildman–Crippen LogP) is 3.27. The van der Waals surface area contributed by atoms with Crippen molar-refractivity contribution in [1.82, 2.24) is 9.97 Å². The van der Waals surface area contributed by atoms with Crippen LogP contribution in [0.5, 0.6) is 0 Å². The van der Waals surface area contributed by atoms with Crippen LogP contribution in [0.1, 0.15) is 51.5 Å². The Morgan fingerprint density at radius 2 is 2.21 bits per heavy atom. The molecule has 19 heavy (non-hydrogen) atoms. The lowest BCUT2D eigenvalue weighted by molar-refractivity contribution is 0.402. The van der Waals surface area contributed by atoms with Gasteiger partial charge in [-0.15, -0.1) is 0 Å². The van der Waals surface area contributed by atoms with E-state index in [1.54, 1.807) is 6.33 Å². The third-order valence-electron chi connectivity index (χ3n) is 4.07. The molecule has 1 aromatic rings. The fourth-order valence-corrected chi connectivity index (χ4v) is 2.96. The third-order valence-corrected chi connectivity index (χ3v) is 4.07. The van der Waals surface area contributed by atoms with E-state index in [1.165, 1.54) is 24.8 Å². The summed E-state index contributed by atoms with van der Waals surface area (Å²) >= 11 is 0. The number of anilines is 2. The minimum atomic E-state index is 0.431. The number of nitrogens with zero attached hydrogens (tertiary/aromatic N) is 3. The highest BCUT2D eigenvalue weighted by Crippen LogP contribution is 2.33. The molecule has 0 aliphatic carbocycles. The standard InChI is InChI=1S/C15H26N4/c1-5-12-7-6-8-19(9-12)15-13(11(2)3)14(16-4)17-10-18-15/h10-12H,5-9H2,1-4H3,(H,16,17,18). The molecule has 0 radical (unpaired) electrons. The zero-order chi connectivity index (χ0) is 13.8. The molecule has 1 aliphatic heterocycles. The highest BCUT2D eigenvalue weighted by molar-refractivity contribution is 5.60. The van der Waals surface area contributed by atoms with Crippen LogP contribution in [0.4, 0.5) is 11.6 Å². The van der Waals surface area contributed by atoms with Gasteiger partial charge in [-0.05, 0) is 24.7 Å². The average Bonchev–Trinajstić information content (AvgIpc) is 2.46. The van der Waals surface area contributed by atoms with Crippen LogP contribution in [0.2, 0.25) is 0 Å². The van der Waals surface area contributed by atoms with E-state index < -0.39 is 0 Å². The van der Waals surface area contributed by atoms with E-state index >= 15 is 0 Å². The summed E-state index contributed by atoms with van der Waals surface area (Å²) in [6.45, 7) is 8.97. The minimum Gasteiger partial charge on any atom is -0.373 e. The van der Waals surface area contributed by atoms with E-state index in [2.05, 4.69) is 41.0 Å². The first-order valence-corrected chi connectivity index (χ1v) is 7.44. The Hall–Kier alpha value is -1.32. The number of hydrogen-bond donors (Lipinski definition) is 1. The molecule has 2 heterocycles. The van der Waals surface area contributed by atoms with E-state index in [0.29, 0.717) is 5.92 Å². The Kier molecular flexibility index (Phi) is 4.61. The van der Waals surface area contributed by atoms with Gasteiger partial charge in [-0.1, -0.05) is 27.2 Å². The van der Waals surface area contributed by atoms with Gasteiger partial charge in [-0.2, -0.15) is 0 Å². The zero-order valence-corrected chi connectivity index (χ0v) is 12.6. The van der Waals surface area contributed by atoms with Crippen LogP contribution < -0.4 is 10.2 Å². The van der Waals surface area contributed by atoms with Gasteiger partial charge < -0.3 is 10.2 Å². The lowest BCUT2D eigenvalue weighted by atomic mass is 9.94. The van der Waals surface area contributed by atoms with Gasteiger partial charge >= 0.3 is 0 Å². The van der Waals surface area contributed by atoms with E-state index in [-0.39, 0.29) is 0 Å². The van der Waals surface area contributed by atoms with Crippen LogP contribution in [-0.4, -0.2) is 30.1 Å². The van der Waals surface area contributed by atoms with Crippen LogP contribution in [0, 0.1) is 5.92 Å². The van der Waals surface area contributed by atoms with Crippen LogP contribution >= 0.6 is 0 Å². The second-order valence-electron chi connectivity index (χ2n) is 5.73. The third kappa shape index (κ3) is 2.99. The number of rotatable bonds is 4. The molecule has 0 spiro atoms. The second-order valence-corrected chi connectivity index (χ2v) is 5.73. The van der Waals surface area contributed by atoms with E-state index in [4.69, 9.17) is 0 Å². The van der Waals surface area contributed by atoms with Gasteiger partial charge in [0, 0.05) is 25.7 Å². The number of nitrogens with one attached hydrogen (secondary N) is 1. The normalized spacial score (nSPS) is 19.8. The van der Waals surface area contributed by atoms with Crippen molar-refractivity contribution in [2.24, 2.45) is 5.92 Å². The molecule has 1 unspecified atom stereocenters. The quantitative estimate of drug-likeness (QED) is 0.904.